The van der Waals surface area contributed by atoms with Crippen LogP contribution in [0.5, 0.6) is 5.75 Å². The predicted molar refractivity (Wildman–Crippen MR) is 64.7 cm³/mol. The highest BCUT2D eigenvalue weighted by molar-refractivity contribution is 5.57. The first kappa shape index (κ1) is 10.3. The number of phenolic OH excluding ortho intramolecular Hbond substituents is 1. The zero-order chi connectivity index (χ0) is 11.7. The van der Waals surface area contributed by atoms with Crippen LogP contribution >= 0.6 is 0 Å². The Balaban J connectivity index is 2.06. The third-order valence-electron chi connectivity index (χ3n) is 3.21. The van der Waals surface area contributed by atoms with Gasteiger partial charge in [0, 0.05) is 18.5 Å². The molecule has 1 N–H and O–H groups in total. The van der Waals surface area contributed by atoms with Crippen molar-refractivity contribution in [3.05, 3.63) is 30.1 Å². The smallest absolute Gasteiger partial charge is 0.164 e. The number of benzene rings is 1. The molecule has 0 saturated carbocycles. The number of aryl methyl sites for hydroxylation is 1. The van der Waals surface area contributed by atoms with Gasteiger partial charge in [-0.3, -0.25) is 0 Å². The maximum absolute atomic E-state index is 9.51. The summed E-state index contributed by atoms with van der Waals surface area (Å²) in [5, 5.41) is 18.0. The van der Waals surface area contributed by atoms with Crippen molar-refractivity contribution < 1.29 is 5.11 Å². The number of hydrogen-bond donors (Lipinski definition) is 1. The fourth-order valence-electron chi connectivity index (χ4n) is 2.34. The van der Waals surface area contributed by atoms with Gasteiger partial charge in [0.15, 0.2) is 5.82 Å². The van der Waals surface area contributed by atoms with E-state index in [2.05, 4.69) is 14.8 Å². The Morgan fingerprint density at radius 3 is 2.94 bits per heavy atom. The summed E-state index contributed by atoms with van der Waals surface area (Å²) in [6.07, 6.45) is 4.63. The van der Waals surface area contributed by atoms with Gasteiger partial charge < -0.3 is 9.67 Å². The van der Waals surface area contributed by atoms with Gasteiger partial charge in [0.05, 0.1) is 0 Å². The highest BCUT2D eigenvalue weighted by Gasteiger charge is 2.15. The van der Waals surface area contributed by atoms with Gasteiger partial charge in [0.1, 0.15) is 11.6 Å². The van der Waals surface area contributed by atoms with Crippen molar-refractivity contribution in [2.45, 2.75) is 32.2 Å². The molecule has 1 aromatic carbocycles. The molecule has 1 aromatic heterocycles. The maximum Gasteiger partial charge on any atom is 0.164 e. The minimum Gasteiger partial charge on any atom is -0.508 e. The van der Waals surface area contributed by atoms with Crippen molar-refractivity contribution in [3.8, 4) is 17.1 Å². The Kier molecular flexibility index (Phi) is 2.55. The van der Waals surface area contributed by atoms with Crippen LogP contribution in [0.25, 0.3) is 11.4 Å². The average Bonchev–Trinajstić information content (AvgIpc) is 2.59. The predicted octanol–water partition coefficient (Wildman–Crippen LogP) is 2.38. The molecule has 0 fully saturated rings. The highest BCUT2D eigenvalue weighted by atomic mass is 16.3. The molecule has 3 rings (SSSR count). The molecule has 0 aliphatic carbocycles. The minimum atomic E-state index is 0.272. The second-order valence-electron chi connectivity index (χ2n) is 4.45. The summed E-state index contributed by atoms with van der Waals surface area (Å²) in [5.41, 5.74) is 0.936. The van der Waals surface area contributed by atoms with Crippen LogP contribution in [-0.4, -0.2) is 19.9 Å². The maximum atomic E-state index is 9.51. The molecule has 0 bridgehead atoms. The normalized spacial score (nSPS) is 15.3. The Morgan fingerprint density at radius 2 is 2.06 bits per heavy atom. The van der Waals surface area contributed by atoms with E-state index in [0.717, 1.165) is 30.2 Å². The first-order chi connectivity index (χ1) is 8.34. The highest BCUT2D eigenvalue weighted by Crippen LogP contribution is 2.24. The second kappa shape index (κ2) is 4.20. The fourth-order valence-corrected chi connectivity index (χ4v) is 2.34. The lowest BCUT2D eigenvalue weighted by Crippen LogP contribution is -2.02. The first-order valence-electron chi connectivity index (χ1n) is 6.06. The summed E-state index contributed by atoms with van der Waals surface area (Å²) in [4.78, 5) is 0. The molecule has 0 radical (unpaired) electrons. The van der Waals surface area contributed by atoms with Gasteiger partial charge in [-0.1, -0.05) is 18.6 Å². The van der Waals surface area contributed by atoms with Gasteiger partial charge >= 0.3 is 0 Å². The molecular weight excluding hydrogens is 214 g/mol. The molecule has 88 valence electrons. The van der Waals surface area contributed by atoms with Crippen LogP contribution in [0.15, 0.2) is 24.3 Å². The summed E-state index contributed by atoms with van der Waals surface area (Å²) in [7, 11) is 0. The van der Waals surface area contributed by atoms with E-state index in [0.29, 0.717) is 0 Å². The Bertz CT molecular complexity index is 533. The number of fused-ring (bicyclic) bond motifs is 1. The van der Waals surface area contributed by atoms with Crippen LogP contribution in [0.2, 0.25) is 0 Å². The fraction of sp³-hybridized carbons (Fsp3) is 0.385. The van der Waals surface area contributed by atoms with Crippen LogP contribution in [0, 0.1) is 0 Å². The molecule has 0 atom stereocenters. The second-order valence-corrected chi connectivity index (χ2v) is 4.45. The molecule has 4 heteroatoms. The number of rotatable bonds is 1. The van der Waals surface area contributed by atoms with Gasteiger partial charge in [-0.2, -0.15) is 0 Å². The number of aromatic nitrogens is 3. The Morgan fingerprint density at radius 1 is 1.12 bits per heavy atom. The molecule has 1 aliphatic rings. The zero-order valence-corrected chi connectivity index (χ0v) is 9.63. The topological polar surface area (TPSA) is 50.9 Å². The molecule has 1 aliphatic heterocycles. The van der Waals surface area contributed by atoms with Crippen LogP contribution in [-0.2, 0) is 13.0 Å². The average molecular weight is 229 g/mol. The zero-order valence-electron chi connectivity index (χ0n) is 9.63. The number of nitrogens with zero attached hydrogens (tertiary/aromatic N) is 3. The van der Waals surface area contributed by atoms with Crippen LogP contribution in [0.4, 0.5) is 0 Å². The number of aromatic hydroxyl groups is 1. The van der Waals surface area contributed by atoms with Crippen molar-refractivity contribution >= 4 is 0 Å². The van der Waals surface area contributed by atoms with Gasteiger partial charge in [0.25, 0.3) is 0 Å². The summed E-state index contributed by atoms with van der Waals surface area (Å²) >= 11 is 0. The third-order valence-corrected chi connectivity index (χ3v) is 3.21. The molecule has 4 nitrogen and oxygen atoms in total. The van der Waals surface area contributed by atoms with E-state index in [1.165, 1.54) is 19.3 Å². The van der Waals surface area contributed by atoms with Crippen molar-refractivity contribution in [3.63, 3.8) is 0 Å². The lowest BCUT2D eigenvalue weighted by atomic mass is 10.2. The van der Waals surface area contributed by atoms with Gasteiger partial charge in [-0.05, 0) is 25.0 Å². The molecule has 0 amide bonds. The molecule has 0 spiro atoms. The van der Waals surface area contributed by atoms with E-state index < -0.39 is 0 Å². The van der Waals surface area contributed by atoms with Crippen LogP contribution in [0.3, 0.4) is 0 Å². The molecule has 0 unspecified atom stereocenters. The molecule has 2 heterocycles. The van der Waals surface area contributed by atoms with Crippen molar-refractivity contribution in [1.29, 1.82) is 0 Å². The van der Waals surface area contributed by atoms with Crippen molar-refractivity contribution in [2.75, 3.05) is 0 Å². The third kappa shape index (κ3) is 1.90. The number of phenols is 1. The van der Waals surface area contributed by atoms with E-state index >= 15 is 0 Å². The van der Waals surface area contributed by atoms with E-state index in [9.17, 15) is 5.11 Å². The Labute approximate surface area is 99.9 Å². The van der Waals surface area contributed by atoms with Crippen LogP contribution < -0.4 is 0 Å². The van der Waals surface area contributed by atoms with E-state index in [-0.39, 0.29) is 5.75 Å². The Hall–Kier alpha value is -1.84. The summed E-state index contributed by atoms with van der Waals surface area (Å²) in [6, 6.07) is 7.20. The van der Waals surface area contributed by atoms with E-state index in [1.807, 2.05) is 12.1 Å². The standard InChI is InChI=1S/C13H15N3O/c17-11-6-4-5-10(9-11)13-15-14-12-7-2-1-3-8-16(12)13/h4-6,9,17H,1-3,7-8H2. The summed E-state index contributed by atoms with van der Waals surface area (Å²) in [6.45, 7) is 0.979. The van der Waals surface area contributed by atoms with Gasteiger partial charge in [-0.15, -0.1) is 10.2 Å². The first-order valence-corrected chi connectivity index (χ1v) is 6.06. The number of hydrogen-bond acceptors (Lipinski definition) is 3. The summed E-state index contributed by atoms with van der Waals surface area (Å²) < 4.78 is 2.18. The largest absolute Gasteiger partial charge is 0.508 e. The van der Waals surface area contributed by atoms with Crippen molar-refractivity contribution in [2.24, 2.45) is 0 Å². The van der Waals surface area contributed by atoms with Crippen molar-refractivity contribution in [1.82, 2.24) is 14.8 Å². The van der Waals surface area contributed by atoms with E-state index in [1.54, 1.807) is 12.1 Å². The lowest BCUT2D eigenvalue weighted by molar-refractivity contribution is 0.475. The lowest BCUT2D eigenvalue weighted by Gasteiger charge is -2.06. The molecule has 0 saturated heterocycles. The van der Waals surface area contributed by atoms with Gasteiger partial charge in [-0.25, -0.2) is 0 Å². The van der Waals surface area contributed by atoms with E-state index in [4.69, 9.17) is 0 Å². The quantitative estimate of drug-likeness (QED) is 0.816. The SMILES string of the molecule is Oc1cccc(-c2nnc3n2CCCCC3)c1. The monoisotopic (exact) mass is 229 g/mol. The molecule has 2 aromatic rings. The van der Waals surface area contributed by atoms with Gasteiger partial charge in [0.2, 0.25) is 0 Å². The summed E-state index contributed by atoms with van der Waals surface area (Å²) in [5.74, 6) is 2.21. The molecular formula is C13H15N3O. The molecule has 17 heavy (non-hydrogen) atoms. The minimum absolute atomic E-state index is 0.272. The van der Waals surface area contributed by atoms with Crippen LogP contribution in [0.1, 0.15) is 25.1 Å².